The van der Waals surface area contributed by atoms with Gasteiger partial charge in [-0.15, -0.1) is 0 Å². The Bertz CT molecular complexity index is 522. The largest absolute Gasteiger partial charge is 0.381 e. The number of methoxy groups -OCH3 is 1. The fourth-order valence-electron chi connectivity index (χ4n) is 4.32. The number of hydrogen-bond donors (Lipinski definition) is 1. The first kappa shape index (κ1) is 21.3. The topological polar surface area (TPSA) is 69.6 Å². The molecule has 8 heteroatoms. The minimum absolute atomic E-state index is 0.170. The van der Waals surface area contributed by atoms with Crippen LogP contribution in [0.1, 0.15) is 32.1 Å². The number of likely N-dealkylation sites (tertiary alicyclic amines) is 1. The van der Waals surface area contributed by atoms with Gasteiger partial charge in [-0.2, -0.15) is 0 Å². The van der Waals surface area contributed by atoms with Crippen LogP contribution in [0, 0.1) is 0 Å². The highest BCUT2D eigenvalue weighted by Gasteiger charge is 2.33. The molecule has 3 saturated heterocycles. The van der Waals surface area contributed by atoms with E-state index in [1.807, 2.05) is 11.9 Å². The van der Waals surface area contributed by atoms with Gasteiger partial charge < -0.3 is 24.6 Å². The molecule has 3 aliphatic heterocycles. The van der Waals surface area contributed by atoms with E-state index in [1.54, 1.807) is 7.11 Å². The number of aliphatic imine (C=N–C) groups is 1. The van der Waals surface area contributed by atoms with Crippen molar-refractivity contribution in [2.75, 3.05) is 79.7 Å². The van der Waals surface area contributed by atoms with Gasteiger partial charge in [0, 0.05) is 86.0 Å². The first-order valence-corrected chi connectivity index (χ1v) is 10.7. The Hall–Kier alpha value is -1.38. The number of ether oxygens (including phenoxy) is 2. The molecule has 0 aromatic rings. The van der Waals surface area contributed by atoms with Gasteiger partial charge in [0.25, 0.3) is 0 Å². The number of amides is 1. The van der Waals surface area contributed by atoms with Crippen molar-refractivity contribution < 1.29 is 14.3 Å². The third-order valence-corrected chi connectivity index (χ3v) is 6.36. The van der Waals surface area contributed by atoms with Gasteiger partial charge in [0.2, 0.25) is 5.91 Å². The minimum Gasteiger partial charge on any atom is -0.381 e. The second-order valence-electron chi connectivity index (χ2n) is 8.10. The number of carbonyl (C=O) groups excluding carboxylic acids is 1. The number of nitrogens with one attached hydrogen (secondary N) is 1. The van der Waals surface area contributed by atoms with Crippen molar-refractivity contribution >= 4 is 11.9 Å². The second-order valence-corrected chi connectivity index (χ2v) is 8.10. The maximum atomic E-state index is 12.5. The Labute approximate surface area is 169 Å². The molecule has 0 bridgehead atoms. The van der Waals surface area contributed by atoms with E-state index in [2.05, 4.69) is 20.1 Å². The SMILES string of the molecule is CN=C(NCC1(OC)CCOCC1)N1CCN(CC(=O)N2CCCCC2)CC1. The summed E-state index contributed by atoms with van der Waals surface area (Å²) in [5, 5.41) is 3.51. The Kier molecular flexibility index (Phi) is 7.93. The van der Waals surface area contributed by atoms with Crippen LogP contribution in [0.25, 0.3) is 0 Å². The highest BCUT2D eigenvalue weighted by atomic mass is 16.5. The Morgan fingerprint density at radius 1 is 1.04 bits per heavy atom. The lowest BCUT2D eigenvalue weighted by Crippen LogP contribution is -2.56. The molecule has 0 aromatic heterocycles. The summed E-state index contributed by atoms with van der Waals surface area (Å²) in [7, 11) is 3.62. The van der Waals surface area contributed by atoms with Crippen molar-refractivity contribution in [3.63, 3.8) is 0 Å². The fourth-order valence-corrected chi connectivity index (χ4v) is 4.32. The fraction of sp³-hybridized carbons (Fsp3) is 0.900. The molecule has 160 valence electrons. The molecule has 1 amide bonds. The average molecular weight is 396 g/mol. The summed E-state index contributed by atoms with van der Waals surface area (Å²) in [4.78, 5) is 23.6. The van der Waals surface area contributed by atoms with E-state index in [0.29, 0.717) is 6.54 Å². The van der Waals surface area contributed by atoms with E-state index < -0.39 is 0 Å². The van der Waals surface area contributed by atoms with E-state index in [1.165, 1.54) is 6.42 Å². The molecule has 0 saturated carbocycles. The first-order chi connectivity index (χ1) is 13.7. The molecular weight excluding hydrogens is 358 g/mol. The van der Waals surface area contributed by atoms with Crippen molar-refractivity contribution in [3.05, 3.63) is 0 Å². The molecule has 1 N–H and O–H groups in total. The smallest absolute Gasteiger partial charge is 0.236 e. The molecule has 3 aliphatic rings. The molecule has 3 fully saturated rings. The van der Waals surface area contributed by atoms with E-state index in [9.17, 15) is 4.79 Å². The normalized spacial score (nSPS) is 24.3. The third kappa shape index (κ3) is 5.58. The number of piperidine rings is 1. The lowest BCUT2D eigenvalue weighted by molar-refractivity contribution is -0.133. The third-order valence-electron chi connectivity index (χ3n) is 6.36. The van der Waals surface area contributed by atoms with E-state index in [0.717, 1.165) is 90.7 Å². The molecule has 3 heterocycles. The van der Waals surface area contributed by atoms with Crippen molar-refractivity contribution in [2.24, 2.45) is 4.99 Å². The Balaban J connectivity index is 1.43. The van der Waals surface area contributed by atoms with E-state index in [-0.39, 0.29) is 11.5 Å². The van der Waals surface area contributed by atoms with E-state index >= 15 is 0 Å². The summed E-state index contributed by atoms with van der Waals surface area (Å²) in [6.45, 7) is 8.21. The number of hydrogen-bond acceptors (Lipinski definition) is 5. The van der Waals surface area contributed by atoms with Gasteiger partial charge in [0.1, 0.15) is 0 Å². The predicted molar refractivity (Wildman–Crippen MR) is 110 cm³/mol. The van der Waals surface area contributed by atoms with Crippen molar-refractivity contribution in [2.45, 2.75) is 37.7 Å². The van der Waals surface area contributed by atoms with Crippen LogP contribution in [0.5, 0.6) is 0 Å². The summed E-state index contributed by atoms with van der Waals surface area (Å²) in [5.41, 5.74) is -0.170. The lowest BCUT2D eigenvalue weighted by atomic mass is 9.94. The summed E-state index contributed by atoms with van der Waals surface area (Å²) in [6, 6.07) is 0. The Morgan fingerprint density at radius 2 is 1.71 bits per heavy atom. The molecular formula is C20H37N5O3. The molecule has 0 spiro atoms. The van der Waals surface area contributed by atoms with Gasteiger partial charge in [0.15, 0.2) is 5.96 Å². The Morgan fingerprint density at radius 3 is 2.32 bits per heavy atom. The molecule has 3 rings (SSSR count). The molecule has 0 radical (unpaired) electrons. The van der Waals surface area contributed by atoms with Crippen LogP contribution in [0.3, 0.4) is 0 Å². The zero-order valence-electron chi connectivity index (χ0n) is 17.6. The average Bonchev–Trinajstić information content (AvgIpc) is 2.76. The monoisotopic (exact) mass is 395 g/mol. The van der Waals surface area contributed by atoms with Crippen LogP contribution in [0.4, 0.5) is 0 Å². The first-order valence-electron chi connectivity index (χ1n) is 10.7. The number of piperazine rings is 1. The molecule has 0 aliphatic carbocycles. The second kappa shape index (κ2) is 10.4. The van der Waals surface area contributed by atoms with E-state index in [4.69, 9.17) is 9.47 Å². The predicted octanol–water partition coefficient (Wildman–Crippen LogP) is 0.388. The van der Waals surface area contributed by atoms with Gasteiger partial charge in [-0.25, -0.2) is 0 Å². The van der Waals surface area contributed by atoms with Crippen molar-refractivity contribution in [3.8, 4) is 0 Å². The highest BCUT2D eigenvalue weighted by Crippen LogP contribution is 2.23. The van der Waals surface area contributed by atoms with Gasteiger partial charge in [-0.1, -0.05) is 0 Å². The number of carbonyl (C=O) groups is 1. The lowest BCUT2D eigenvalue weighted by Gasteiger charge is -2.40. The van der Waals surface area contributed by atoms with Crippen molar-refractivity contribution in [1.82, 2.24) is 20.0 Å². The minimum atomic E-state index is -0.170. The maximum absolute atomic E-state index is 12.5. The molecule has 0 atom stereocenters. The quantitative estimate of drug-likeness (QED) is 0.536. The van der Waals surface area contributed by atoms with Gasteiger partial charge >= 0.3 is 0 Å². The number of guanidine groups is 1. The van der Waals surface area contributed by atoms with Crippen LogP contribution >= 0.6 is 0 Å². The summed E-state index contributed by atoms with van der Waals surface area (Å²) in [6.07, 6.45) is 5.36. The number of nitrogens with zero attached hydrogens (tertiary/aromatic N) is 4. The van der Waals surface area contributed by atoms with Crippen molar-refractivity contribution in [1.29, 1.82) is 0 Å². The maximum Gasteiger partial charge on any atom is 0.236 e. The standard InChI is InChI=1S/C20H37N5O3/c1-21-19(22-17-20(27-2)6-14-28-15-7-20)25-12-10-23(11-13-25)16-18(26)24-8-4-3-5-9-24/h3-17H2,1-2H3,(H,21,22). The summed E-state index contributed by atoms with van der Waals surface area (Å²) < 4.78 is 11.3. The zero-order valence-corrected chi connectivity index (χ0v) is 17.6. The summed E-state index contributed by atoms with van der Waals surface area (Å²) >= 11 is 0. The molecule has 0 unspecified atom stereocenters. The van der Waals surface area contributed by atoms with Gasteiger partial charge in [-0.3, -0.25) is 14.7 Å². The summed E-state index contributed by atoms with van der Waals surface area (Å²) in [5.74, 6) is 1.21. The zero-order chi connectivity index (χ0) is 19.8. The van der Waals surface area contributed by atoms with Crippen LogP contribution in [-0.4, -0.2) is 112 Å². The van der Waals surface area contributed by atoms with Crippen LogP contribution in [0.15, 0.2) is 4.99 Å². The van der Waals surface area contributed by atoms with Gasteiger partial charge in [-0.05, 0) is 19.3 Å². The molecule has 8 nitrogen and oxygen atoms in total. The van der Waals surface area contributed by atoms with Crippen LogP contribution < -0.4 is 5.32 Å². The van der Waals surface area contributed by atoms with Crippen LogP contribution in [0.2, 0.25) is 0 Å². The molecule has 28 heavy (non-hydrogen) atoms. The number of rotatable bonds is 5. The molecule has 0 aromatic carbocycles. The highest BCUT2D eigenvalue weighted by molar-refractivity contribution is 5.80. The van der Waals surface area contributed by atoms with Gasteiger partial charge in [0.05, 0.1) is 12.1 Å². The van der Waals surface area contributed by atoms with Crippen LogP contribution in [-0.2, 0) is 14.3 Å².